The van der Waals surface area contributed by atoms with Gasteiger partial charge in [0.05, 0.1) is 0 Å². The van der Waals surface area contributed by atoms with Crippen molar-refractivity contribution in [2.75, 3.05) is 0 Å². The molecule has 0 unspecified atom stereocenters. The van der Waals surface area contributed by atoms with E-state index >= 15 is 0 Å². The second-order valence-corrected chi connectivity index (χ2v) is 1.39. The van der Waals surface area contributed by atoms with E-state index in [1.54, 1.807) is 0 Å². The Hall–Kier alpha value is 0.975. The van der Waals surface area contributed by atoms with Gasteiger partial charge in [0.15, 0.2) is 0 Å². The molecule has 12 N–H and O–H groups in total. The van der Waals surface area contributed by atoms with Gasteiger partial charge in [-0.05, 0) is 0 Å². The number of rotatable bonds is 0. The van der Waals surface area contributed by atoms with Crippen LogP contribution in [0.1, 0.15) is 2.85 Å². The molecular formula is H14B4Li2O12. The summed E-state index contributed by atoms with van der Waals surface area (Å²) < 4.78 is 0. The Bertz CT molecular complexity index is 74.4. The van der Waals surface area contributed by atoms with Crippen LogP contribution in [0.25, 0.3) is 0 Å². The molecule has 0 radical (unpaired) electrons. The van der Waals surface area contributed by atoms with Crippen molar-refractivity contribution in [2.45, 2.75) is 0 Å². The Labute approximate surface area is 130 Å². The van der Waals surface area contributed by atoms with E-state index in [0.29, 0.717) is 0 Å². The monoisotopic (exact) mass is 264 g/mol. The largest absolute Gasteiger partial charge is 1.00 e. The normalized spacial score (nSPS) is 6.00. The molecule has 0 saturated carbocycles. The second kappa shape index (κ2) is 30.8. The van der Waals surface area contributed by atoms with E-state index in [1.165, 1.54) is 0 Å². The third-order valence-corrected chi connectivity index (χ3v) is 0. The predicted octanol–water partition coefficient (Wildman–Crippen LogP) is -14.0. The van der Waals surface area contributed by atoms with E-state index in [1.807, 2.05) is 0 Å². The van der Waals surface area contributed by atoms with Gasteiger partial charge in [-0.3, -0.25) is 0 Å². The van der Waals surface area contributed by atoms with Crippen LogP contribution in [0.3, 0.4) is 0 Å². The Balaban J connectivity index is -0.0000000150. The van der Waals surface area contributed by atoms with Crippen molar-refractivity contribution >= 4 is 29.3 Å². The van der Waals surface area contributed by atoms with E-state index in [-0.39, 0.29) is 40.6 Å². The van der Waals surface area contributed by atoms with Crippen LogP contribution in [0.2, 0.25) is 0 Å². The van der Waals surface area contributed by atoms with Gasteiger partial charge in [-0.15, -0.1) is 0 Å². The second-order valence-electron chi connectivity index (χ2n) is 1.39. The molecule has 0 saturated heterocycles. The van der Waals surface area contributed by atoms with E-state index in [9.17, 15) is 0 Å². The summed E-state index contributed by atoms with van der Waals surface area (Å²) >= 11 is 0. The first-order chi connectivity index (χ1) is 6.93. The van der Waals surface area contributed by atoms with Crippen molar-refractivity contribution in [3.8, 4) is 0 Å². The summed E-state index contributed by atoms with van der Waals surface area (Å²) in [6.45, 7) is 0. The Morgan fingerprint density at radius 2 is 0.333 bits per heavy atom. The van der Waals surface area contributed by atoms with E-state index in [4.69, 9.17) is 60.3 Å². The van der Waals surface area contributed by atoms with Gasteiger partial charge in [0.1, 0.15) is 0 Å². The van der Waals surface area contributed by atoms with Gasteiger partial charge >= 0.3 is 67.0 Å². The van der Waals surface area contributed by atoms with Crippen LogP contribution in [-0.2, 0) is 0 Å². The third kappa shape index (κ3) is 4560. The van der Waals surface area contributed by atoms with Crippen LogP contribution >= 0.6 is 0 Å². The molecule has 0 aromatic rings. The molecule has 0 aliphatic heterocycles. The van der Waals surface area contributed by atoms with Gasteiger partial charge < -0.3 is 63.1 Å². The molecule has 0 aromatic carbocycles. The molecule has 18 heavy (non-hydrogen) atoms. The molecule has 0 atom stereocenters. The van der Waals surface area contributed by atoms with E-state index in [2.05, 4.69) is 0 Å². The van der Waals surface area contributed by atoms with Gasteiger partial charge in [-0.2, -0.15) is 0 Å². The first-order valence-corrected chi connectivity index (χ1v) is 3.10. The van der Waals surface area contributed by atoms with Gasteiger partial charge in [0, 0.05) is 0 Å². The Kier molecular flexibility index (Phi) is 62.2. The fraction of sp³-hybridized carbons (Fsp3) is 0. The average Bonchev–Trinajstić information content (AvgIpc) is 1.76. The zero-order chi connectivity index (χ0) is 14.3. The molecule has 18 heteroatoms. The zero-order valence-electron chi connectivity index (χ0n) is 11.7. The maximum atomic E-state index is 7.17. The minimum absolute atomic E-state index is 0. The van der Waals surface area contributed by atoms with Crippen LogP contribution in [0.4, 0.5) is 0 Å². The summed E-state index contributed by atoms with van der Waals surface area (Å²) in [5.41, 5.74) is 0. The van der Waals surface area contributed by atoms with Crippen molar-refractivity contribution in [3.05, 3.63) is 0 Å². The van der Waals surface area contributed by atoms with Crippen LogP contribution in [0.15, 0.2) is 0 Å². The molecule has 0 fully saturated rings. The SMILES string of the molecule is OB(O)O.OB(O)O.OB(O)O.OB(O)O.[H-].[H-].[Li+].[Li+]. The van der Waals surface area contributed by atoms with Crippen LogP contribution < -0.4 is 37.7 Å². The molecule has 0 bridgehead atoms. The van der Waals surface area contributed by atoms with Gasteiger partial charge in [0.25, 0.3) is 0 Å². The third-order valence-electron chi connectivity index (χ3n) is 0. The summed E-state index contributed by atoms with van der Waals surface area (Å²) in [4.78, 5) is 0. The van der Waals surface area contributed by atoms with Crippen molar-refractivity contribution < 1.29 is 101 Å². The fourth-order valence-corrected chi connectivity index (χ4v) is 0. The molecule has 0 amide bonds. The van der Waals surface area contributed by atoms with Crippen LogP contribution in [0, 0.1) is 0 Å². The summed E-state index contributed by atoms with van der Waals surface area (Å²) in [5, 5.41) is 86.0. The molecule has 0 rings (SSSR count). The minimum atomic E-state index is -2.17. The first kappa shape index (κ1) is 36.4. The van der Waals surface area contributed by atoms with Crippen molar-refractivity contribution in [3.63, 3.8) is 0 Å². The summed E-state index contributed by atoms with van der Waals surface area (Å²) in [7, 11) is -8.67. The van der Waals surface area contributed by atoms with Gasteiger partial charge in [-0.25, -0.2) is 0 Å². The molecular weight excluding hydrogens is 249 g/mol. The molecule has 0 aromatic heterocycles. The maximum Gasteiger partial charge on any atom is 1.00 e. The number of hydrogen-bond donors (Lipinski definition) is 12. The zero-order valence-corrected chi connectivity index (χ0v) is 9.68. The summed E-state index contributed by atoms with van der Waals surface area (Å²) in [6, 6.07) is 0. The fourth-order valence-electron chi connectivity index (χ4n) is 0. The average molecular weight is 263 g/mol. The van der Waals surface area contributed by atoms with Gasteiger partial charge in [-0.1, -0.05) is 0 Å². The minimum Gasteiger partial charge on any atom is -1.00 e. The predicted molar refractivity (Wildman–Crippen MR) is 51.9 cm³/mol. The molecule has 100 valence electrons. The first-order valence-electron chi connectivity index (χ1n) is 3.10. The molecule has 0 aliphatic rings. The van der Waals surface area contributed by atoms with Crippen molar-refractivity contribution in [2.24, 2.45) is 0 Å². The van der Waals surface area contributed by atoms with Crippen molar-refractivity contribution in [1.82, 2.24) is 0 Å². The van der Waals surface area contributed by atoms with E-state index in [0.717, 1.165) is 0 Å². The van der Waals surface area contributed by atoms with E-state index < -0.39 is 29.3 Å². The quantitative estimate of drug-likeness (QED) is 0.182. The Morgan fingerprint density at radius 3 is 0.333 bits per heavy atom. The van der Waals surface area contributed by atoms with Crippen LogP contribution in [0.5, 0.6) is 0 Å². The molecule has 0 spiro atoms. The summed E-state index contributed by atoms with van der Waals surface area (Å²) in [6.07, 6.45) is 0. The molecule has 12 nitrogen and oxygen atoms in total. The topological polar surface area (TPSA) is 243 Å². The van der Waals surface area contributed by atoms with Crippen LogP contribution in [-0.4, -0.2) is 89.6 Å². The Morgan fingerprint density at radius 1 is 0.333 bits per heavy atom. The standard InChI is InChI=1S/4BH3O3.2Li.2H/c4*2-1(3)4;;;;/h4*2-4H;;;;/q;;;;2*+1;2*-1. The van der Waals surface area contributed by atoms with Crippen molar-refractivity contribution in [1.29, 1.82) is 0 Å². The number of hydrogen-bond acceptors (Lipinski definition) is 12. The molecule has 0 aliphatic carbocycles. The maximum absolute atomic E-state index is 7.17. The smallest absolute Gasteiger partial charge is 1.00 e. The molecule has 0 heterocycles. The van der Waals surface area contributed by atoms with Gasteiger partial charge in [0.2, 0.25) is 0 Å². The summed E-state index contributed by atoms with van der Waals surface area (Å²) in [5.74, 6) is 0.